The van der Waals surface area contributed by atoms with Gasteiger partial charge in [0.1, 0.15) is 5.75 Å². The zero-order valence-electron chi connectivity index (χ0n) is 15.9. The molecule has 0 unspecified atom stereocenters. The number of urea groups is 1. The highest BCUT2D eigenvalue weighted by atomic mass is 32.1. The van der Waals surface area contributed by atoms with E-state index < -0.39 is 0 Å². The molecule has 1 saturated heterocycles. The Morgan fingerprint density at radius 2 is 1.79 bits per heavy atom. The molecule has 146 valence electrons. The van der Waals surface area contributed by atoms with E-state index in [1.165, 1.54) is 0 Å². The van der Waals surface area contributed by atoms with Gasteiger partial charge in [0, 0.05) is 37.6 Å². The van der Waals surface area contributed by atoms with Crippen molar-refractivity contribution in [2.75, 3.05) is 55.9 Å². The van der Waals surface area contributed by atoms with E-state index in [1.54, 1.807) is 24.0 Å². The van der Waals surface area contributed by atoms with Crippen LogP contribution in [-0.4, -0.2) is 56.3 Å². The van der Waals surface area contributed by atoms with Gasteiger partial charge in [0.15, 0.2) is 0 Å². The van der Waals surface area contributed by atoms with Crippen LogP contribution in [0, 0.1) is 0 Å². The molecule has 0 saturated carbocycles. The van der Waals surface area contributed by atoms with Crippen LogP contribution in [-0.2, 0) is 0 Å². The zero-order valence-corrected chi connectivity index (χ0v) is 16.8. The van der Waals surface area contributed by atoms with E-state index in [1.807, 2.05) is 36.4 Å². The van der Waals surface area contributed by atoms with Gasteiger partial charge in [0.05, 0.1) is 28.5 Å². The van der Waals surface area contributed by atoms with Crippen molar-refractivity contribution in [3.05, 3.63) is 41.9 Å². The first-order chi connectivity index (χ1) is 13.6. The topological polar surface area (TPSA) is 69.7 Å². The number of carbonyl (C=O) groups is 1. The molecule has 0 spiro atoms. The molecule has 2 heterocycles. The molecule has 1 aromatic heterocycles. The smallest absolute Gasteiger partial charge is 0.323 e. The maximum Gasteiger partial charge on any atom is 0.323 e. The Labute approximate surface area is 167 Å². The van der Waals surface area contributed by atoms with Crippen molar-refractivity contribution >= 4 is 44.6 Å². The molecule has 0 bridgehead atoms. The Kier molecular flexibility index (Phi) is 5.31. The quantitative estimate of drug-likeness (QED) is 0.703. The third-order valence-electron chi connectivity index (χ3n) is 4.87. The van der Waals surface area contributed by atoms with Crippen molar-refractivity contribution in [2.45, 2.75) is 0 Å². The largest absolute Gasteiger partial charge is 0.495 e. The van der Waals surface area contributed by atoms with Crippen LogP contribution in [0.3, 0.4) is 0 Å². The molecular formula is C20H23N5O2S. The Balaban J connectivity index is 1.47. The minimum absolute atomic E-state index is 0.279. The predicted octanol–water partition coefficient (Wildman–Crippen LogP) is 3.70. The van der Waals surface area contributed by atoms with Crippen molar-refractivity contribution in [1.29, 1.82) is 0 Å². The maximum absolute atomic E-state index is 12.5. The van der Waals surface area contributed by atoms with Crippen LogP contribution in [0.1, 0.15) is 0 Å². The van der Waals surface area contributed by atoms with Crippen LogP contribution >= 0.6 is 11.3 Å². The molecule has 0 radical (unpaired) electrons. The lowest BCUT2D eigenvalue weighted by Crippen LogP contribution is -2.44. The second kappa shape index (κ2) is 8.04. The number of ether oxygens (including phenoxy) is 1. The molecule has 2 N–H and O–H groups in total. The first-order valence-corrected chi connectivity index (χ1v) is 10.0. The lowest BCUT2D eigenvalue weighted by molar-refractivity contribution is 0.262. The van der Waals surface area contributed by atoms with E-state index in [9.17, 15) is 4.79 Å². The van der Waals surface area contributed by atoms with Gasteiger partial charge in [0.25, 0.3) is 0 Å². The standard InChI is InChI=1S/C20H23N5O2S/c1-24-7-9-25(10-8-24)17-11-14(4-6-18(17)27-2)22-20(26)23-15-3-5-16-19(12-15)28-13-21-16/h3-6,11-13H,7-10H2,1-2H3,(H2,22,23,26). The Morgan fingerprint density at radius 1 is 1.07 bits per heavy atom. The number of hydrogen-bond acceptors (Lipinski definition) is 6. The number of carbonyl (C=O) groups excluding carboxylic acids is 1. The lowest BCUT2D eigenvalue weighted by atomic mass is 10.2. The van der Waals surface area contributed by atoms with E-state index in [-0.39, 0.29) is 6.03 Å². The molecule has 0 atom stereocenters. The summed E-state index contributed by atoms with van der Waals surface area (Å²) in [5.41, 5.74) is 5.20. The van der Waals surface area contributed by atoms with E-state index in [0.29, 0.717) is 0 Å². The van der Waals surface area contributed by atoms with Crippen LogP contribution in [0.2, 0.25) is 0 Å². The average Bonchev–Trinajstić information content (AvgIpc) is 3.16. The lowest BCUT2D eigenvalue weighted by Gasteiger charge is -2.34. The summed E-state index contributed by atoms with van der Waals surface area (Å²) in [6, 6.07) is 11.1. The van der Waals surface area contributed by atoms with Crippen molar-refractivity contribution in [1.82, 2.24) is 9.88 Å². The molecule has 1 aliphatic rings. The first kappa shape index (κ1) is 18.5. The van der Waals surface area contributed by atoms with Crippen LogP contribution < -0.4 is 20.3 Å². The molecule has 28 heavy (non-hydrogen) atoms. The van der Waals surface area contributed by atoms with Gasteiger partial charge in [0.2, 0.25) is 0 Å². The van der Waals surface area contributed by atoms with Crippen molar-refractivity contribution in [2.24, 2.45) is 0 Å². The number of amides is 2. The normalized spacial score (nSPS) is 14.9. The summed E-state index contributed by atoms with van der Waals surface area (Å²) in [5, 5.41) is 5.80. The van der Waals surface area contributed by atoms with E-state index in [2.05, 4.69) is 32.5 Å². The number of likely N-dealkylation sites (N-methyl/N-ethyl adjacent to an activating group) is 1. The molecule has 7 nitrogen and oxygen atoms in total. The average molecular weight is 398 g/mol. The summed E-state index contributed by atoms with van der Waals surface area (Å²) in [7, 11) is 3.80. The molecule has 2 aromatic carbocycles. The number of thiazole rings is 1. The Morgan fingerprint density at radius 3 is 2.54 bits per heavy atom. The number of hydrogen-bond donors (Lipinski definition) is 2. The highest BCUT2D eigenvalue weighted by molar-refractivity contribution is 7.16. The van der Waals surface area contributed by atoms with Gasteiger partial charge in [-0.25, -0.2) is 9.78 Å². The summed E-state index contributed by atoms with van der Waals surface area (Å²) in [6.07, 6.45) is 0. The van der Waals surface area contributed by atoms with E-state index in [0.717, 1.165) is 59.2 Å². The summed E-state index contributed by atoms with van der Waals surface area (Å²) >= 11 is 1.55. The number of nitrogens with one attached hydrogen (secondary N) is 2. The van der Waals surface area contributed by atoms with Gasteiger partial charge in [-0.05, 0) is 43.4 Å². The molecule has 8 heteroatoms. The zero-order chi connectivity index (χ0) is 19.5. The van der Waals surface area contributed by atoms with Crippen LogP contribution in [0.25, 0.3) is 10.2 Å². The fourth-order valence-electron chi connectivity index (χ4n) is 3.29. The number of anilines is 3. The summed E-state index contributed by atoms with van der Waals surface area (Å²) in [4.78, 5) is 21.3. The minimum atomic E-state index is -0.279. The highest BCUT2D eigenvalue weighted by Crippen LogP contribution is 2.32. The third kappa shape index (κ3) is 4.02. The number of methoxy groups -OCH3 is 1. The van der Waals surface area contributed by atoms with E-state index in [4.69, 9.17) is 4.74 Å². The number of benzene rings is 2. The summed E-state index contributed by atoms with van der Waals surface area (Å²) in [5.74, 6) is 0.811. The van der Waals surface area contributed by atoms with Crippen molar-refractivity contribution in [3.8, 4) is 5.75 Å². The molecule has 2 amide bonds. The predicted molar refractivity (Wildman–Crippen MR) is 115 cm³/mol. The van der Waals surface area contributed by atoms with Crippen molar-refractivity contribution < 1.29 is 9.53 Å². The Bertz CT molecular complexity index is 982. The maximum atomic E-state index is 12.5. The number of nitrogens with zero attached hydrogens (tertiary/aromatic N) is 3. The second-order valence-electron chi connectivity index (χ2n) is 6.79. The van der Waals surface area contributed by atoms with Crippen molar-refractivity contribution in [3.63, 3.8) is 0 Å². The fourth-order valence-corrected chi connectivity index (χ4v) is 4.00. The number of fused-ring (bicyclic) bond motifs is 1. The number of aromatic nitrogens is 1. The van der Waals surface area contributed by atoms with Gasteiger partial charge >= 0.3 is 6.03 Å². The number of rotatable bonds is 4. The number of piperazine rings is 1. The molecular weight excluding hydrogens is 374 g/mol. The highest BCUT2D eigenvalue weighted by Gasteiger charge is 2.18. The van der Waals surface area contributed by atoms with Crippen LogP contribution in [0.4, 0.5) is 21.9 Å². The van der Waals surface area contributed by atoms with E-state index >= 15 is 0 Å². The third-order valence-corrected chi connectivity index (χ3v) is 5.66. The molecule has 3 aromatic rings. The molecule has 1 fully saturated rings. The van der Waals surface area contributed by atoms with Crippen LogP contribution in [0.5, 0.6) is 5.75 Å². The van der Waals surface area contributed by atoms with Gasteiger partial charge in [-0.15, -0.1) is 11.3 Å². The van der Waals surface area contributed by atoms with Crippen LogP contribution in [0.15, 0.2) is 41.9 Å². The SMILES string of the molecule is COc1ccc(NC(=O)Nc2ccc3ncsc3c2)cc1N1CCN(C)CC1. The molecule has 1 aliphatic heterocycles. The van der Waals surface area contributed by atoms with Gasteiger partial charge in [-0.2, -0.15) is 0 Å². The second-order valence-corrected chi connectivity index (χ2v) is 7.68. The summed E-state index contributed by atoms with van der Waals surface area (Å²) in [6.45, 7) is 3.86. The first-order valence-electron chi connectivity index (χ1n) is 9.15. The minimum Gasteiger partial charge on any atom is -0.495 e. The monoisotopic (exact) mass is 397 g/mol. The van der Waals surface area contributed by atoms with Gasteiger partial charge < -0.3 is 25.2 Å². The summed E-state index contributed by atoms with van der Waals surface area (Å²) < 4.78 is 6.57. The van der Waals surface area contributed by atoms with Gasteiger partial charge in [-0.3, -0.25) is 0 Å². The molecule has 4 rings (SSSR count). The Hall–Kier alpha value is -2.84. The molecule has 0 aliphatic carbocycles. The fraction of sp³-hybridized carbons (Fsp3) is 0.300. The van der Waals surface area contributed by atoms with Gasteiger partial charge in [-0.1, -0.05) is 0 Å².